The molecule has 0 spiro atoms. The summed E-state index contributed by atoms with van der Waals surface area (Å²) in [7, 11) is 0. The number of carbonyl (C=O) groups is 2. The minimum Gasteiger partial charge on any atom is -0.391 e. The Morgan fingerprint density at radius 3 is 2.75 bits per heavy atom. The molecular formula is C14H17ClN2O3. The normalized spacial score (nSPS) is 15.5. The van der Waals surface area contributed by atoms with Gasteiger partial charge in [0.25, 0.3) is 5.91 Å². The van der Waals surface area contributed by atoms with E-state index in [1.54, 1.807) is 18.2 Å². The molecule has 6 heteroatoms. The summed E-state index contributed by atoms with van der Waals surface area (Å²) in [6.45, 7) is 0.110. The van der Waals surface area contributed by atoms with Crippen LogP contribution in [0, 0.1) is 5.92 Å². The van der Waals surface area contributed by atoms with E-state index in [1.807, 2.05) is 0 Å². The predicted octanol–water partition coefficient (Wildman–Crippen LogP) is 0.957. The van der Waals surface area contributed by atoms with Crippen molar-refractivity contribution in [3.05, 3.63) is 34.9 Å². The summed E-state index contributed by atoms with van der Waals surface area (Å²) >= 11 is 5.78. The van der Waals surface area contributed by atoms with Gasteiger partial charge in [-0.2, -0.15) is 0 Å². The van der Waals surface area contributed by atoms with E-state index < -0.39 is 6.10 Å². The molecule has 0 radical (unpaired) electrons. The third kappa shape index (κ3) is 4.51. The molecule has 1 saturated carbocycles. The van der Waals surface area contributed by atoms with Gasteiger partial charge in [-0.25, -0.2) is 0 Å². The molecule has 1 unspecified atom stereocenters. The Kier molecular flexibility index (Phi) is 4.98. The molecule has 1 aliphatic carbocycles. The Bertz CT molecular complexity index is 503. The maximum Gasteiger partial charge on any atom is 0.251 e. The highest BCUT2D eigenvalue weighted by atomic mass is 35.5. The first-order chi connectivity index (χ1) is 9.56. The molecule has 1 atom stereocenters. The van der Waals surface area contributed by atoms with Crippen LogP contribution >= 0.6 is 11.6 Å². The van der Waals surface area contributed by atoms with Gasteiger partial charge in [-0.05, 0) is 37.0 Å². The van der Waals surface area contributed by atoms with Crippen LogP contribution in [0.25, 0.3) is 0 Å². The smallest absolute Gasteiger partial charge is 0.251 e. The Balaban J connectivity index is 1.71. The molecule has 0 aromatic heterocycles. The number of amides is 2. The first-order valence-electron chi connectivity index (χ1n) is 6.55. The van der Waals surface area contributed by atoms with Crippen molar-refractivity contribution in [2.75, 3.05) is 13.1 Å². The minimum atomic E-state index is -0.484. The zero-order chi connectivity index (χ0) is 14.5. The van der Waals surface area contributed by atoms with Gasteiger partial charge in [-0.1, -0.05) is 17.7 Å². The van der Waals surface area contributed by atoms with Gasteiger partial charge in [0.05, 0.1) is 12.6 Å². The molecule has 1 aromatic carbocycles. The van der Waals surface area contributed by atoms with E-state index in [9.17, 15) is 14.7 Å². The Morgan fingerprint density at radius 2 is 2.10 bits per heavy atom. The zero-order valence-corrected chi connectivity index (χ0v) is 11.7. The van der Waals surface area contributed by atoms with Crippen molar-refractivity contribution in [1.82, 2.24) is 10.6 Å². The third-order valence-corrected chi connectivity index (χ3v) is 3.41. The SMILES string of the molecule is O=C(CNC(=O)c1cccc(Cl)c1)NCC(O)C1CC1. The number of hydrogen-bond donors (Lipinski definition) is 3. The topological polar surface area (TPSA) is 78.4 Å². The maximum absolute atomic E-state index is 11.8. The molecule has 0 saturated heterocycles. The Labute approximate surface area is 122 Å². The van der Waals surface area contributed by atoms with E-state index in [0.29, 0.717) is 16.5 Å². The molecule has 0 bridgehead atoms. The number of aliphatic hydroxyl groups excluding tert-OH is 1. The summed E-state index contributed by atoms with van der Waals surface area (Å²) in [6.07, 6.45) is 1.55. The summed E-state index contributed by atoms with van der Waals surface area (Å²) in [4.78, 5) is 23.3. The van der Waals surface area contributed by atoms with Gasteiger partial charge in [0.15, 0.2) is 0 Å². The molecule has 20 heavy (non-hydrogen) atoms. The van der Waals surface area contributed by atoms with Crippen LogP contribution in [0.15, 0.2) is 24.3 Å². The fourth-order valence-electron chi connectivity index (χ4n) is 1.82. The van der Waals surface area contributed by atoms with E-state index in [-0.39, 0.29) is 24.9 Å². The first kappa shape index (κ1) is 14.8. The molecule has 1 aromatic rings. The summed E-state index contributed by atoms with van der Waals surface area (Å²) in [5.74, 6) is -0.359. The standard InChI is InChI=1S/C14H17ClN2O3/c15-11-3-1-2-10(6-11)14(20)17-8-13(19)16-7-12(18)9-4-5-9/h1-3,6,9,12,18H,4-5,7-8H2,(H,16,19)(H,17,20). The van der Waals surface area contributed by atoms with Crippen molar-refractivity contribution in [3.63, 3.8) is 0 Å². The second-order valence-corrected chi connectivity index (χ2v) is 5.34. The molecule has 2 amide bonds. The van der Waals surface area contributed by atoms with Crippen LogP contribution in [0.3, 0.4) is 0 Å². The maximum atomic E-state index is 11.8. The van der Waals surface area contributed by atoms with Gasteiger partial charge in [0.1, 0.15) is 0 Å². The largest absolute Gasteiger partial charge is 0.391 e. The van der Waals surface area contributed by atoms with E-state index in [4.69, 9.17) is 11.6 Å². The fourth-order valence-corrected chi connectivity index (χ4v) is 2.01. The molecular weight excluding hydrogens is 280 g/mol. The highest BCUT2D eigenvalue weighted by molar-refractivity contribution is 6.30. The van der Waals surface area contributed by atoms with Crippen molar-refractivity contribution in [2.24, 2.45) is 5.92 Å². The number of hydrogen-bond acceptors (Lipinski definition) is 3. The molecule has 0 aliphatic heterocycles. The fraction of sp³-hybridized carbons (Fsp3) is 0.429. The number of nitrogens with one attached hydrogen (secondary N) is 2. The molecule has 108 valence electrons. The third-order valence-electron chi connectivity index (χ3n) is 3.17. The lowest BCUT2D eigenvalue weighted by molar-refractivity contribution is -0.120. The molecule has 1 fully saturated rings. The van der Waals surface area contributed by atoms with Crippen LogP contribution in [-0.4, -0.2) is 36.1 Å². The van der Waals surface area contributed by atoms with Gasteiger partial charge in [0, 0.05) is 17.1 Å². The number of benzene rings is 1. The lowest BCUT2D eigenvalue weighted by Gasteiger charge is -2.11. The Morgan fingerprint density at radius 1 is 1.35 bits per heavy atom. The van der Waals surface area contributed by atoms with Gasteiger partial charge in [0.2, 0.25) is 5.91 Å². The quantitative estimate of drug-likeness (QED) is 0.731. The van der Waals surface area contributed by atoms with E-state index in [0.717, 1.165) is 12.8 Å². The van der Waals surface area contributed by atoms with Crippen LogP contribution in [0.1, 0.15) is 23.2 Å². The average molecular weight is 297 g/mol. The van der Waals surface area contributed by atoms with E-state index in [1.165, 1.54) is 6.07 Å². The lowest BCUT2D eigenvalue weighted by Crippen LogP contribution is -2.40. The van der Waals surface area contributed by atoms with E-state index >= 15 is 0 Å². The van der Waals surface area contributed by atoms with Gasteiger partial charge in [-0.3, -0.25) is 9.59 Å². The molecule has 3 N–H and O–H groups in total. The average Bonchev–Trinajstić information content (AvgIpc) is 3.26. The van der Waals surface area contributed by atoms with Crippen molar-refractivity contribution >= 4 is 23.4 Å². The van der Waals surface area contributed by atoms with Crippen LogP contribution in [0.2, 0.25) is 5.02 Å². The number of halogens is 1. The van der Waals surface area contributed by atoms with Crippen molar-refractivity contribution in [3.8, 4) is 0 Å². The zero-order valence-electron chi connectivity index (χ0n) is 10.9. The van der Waals surface area contributed by atoms with Crippen molar-refractivity contribution in [1.29, 1.82) is 0 Å². The van der Waals surface area contributed by atoms with Crippen LogP contribution < -0.4 is 10.6 Å². The molecule has 1 aliphatic rings. The van der Waals surface area contributed by atoms with Gasteiger partial charge in [-0.15, -0.1) is 0 Å². The lowest BCUT2D eigenvalue weighted by atomic mass is 10.2. The highest BCUT2D eigenvalue weighted by Crippen LogP contribution is 2.32. The molecule has 5 nitrogen and oxygen atoms in total. The summed E-state index contributed by atoms with van der Waals surface area (Å²) in [5, 5.41) is 15.2. The summed E-state index contributed by atoms with van der Waals surface area (Å²) in [5.41, 5.74) is 0.406. The van der Waals surface area contributed by atoms with Crippen molar-refractivity contribution in [2.45, 2.75) is 18.9 Å². The van der Waals surface area contributed by atoms with Crippen LogP contribution in [0.5, 0.6) is 0 Å². The predicted molar refractivity (Wildman–Crippen MR) is 75.5 cm³/mol. The summed E-state index contributed by atoms with van der Waals surface area (Å²) < 4.78 is 0. The van der Waals surface area contributed by atoms with Gasteiger partial charge < -0.3 is 15.7 Å². The number of aliphatic hydroxyl groups is 1. The van der Waals surface area contributed by atoms with E-state index in [2.05, 4.69) is 10.6 Å². The second kappa shape index (κ2) is 6.72. The van der Waals surface area contributed by atoms with Gasteiger partial charge >= 0.3 is 0 Å². The monoisotopic (exact) mass is 296 g/mol. The van der Waals surface area contributed by atoms with Crippen LogP contribution in [-0.2, 0) is 4.79 Å². The molecule has 0 heterocycles. The number of carbonyl (C=O) groups excluding carboxylic acids is 2. The highest BCUT2D eigenvalue weighted by Gasteiger charge is 2.29. The number of rotatable bonds is 6. The second-order valence-electron chi connectivity index (χ2n) is 4.90. The molecule has 2 rings (SSSR count). The minimum absolute atomic E-state index is 0.122. The summed E-state index contributed by atoms with van der Waals surface area (Å²) in [6, 6.07) is 6.50. The van der Waals surface area contributed by atoms with Crippen LogP contribution in [0.4, 0.5) is 0 Å². The Hall–Kier alpha value is -1.59. The van der Waals surface area contributed by atoms with Crippen molar-refractivity contribution < 1.29 is 14.7 Å². The first-order valence-corrected chi connectivity index (χ1v) is 6.92.